The minimum absolute atomic E-state index is 0.0494. The summed E-state index contributed by atoms with van der Waals surface area (Å²) in [5, 5.41) is 3.01. The van der Waals surface area contributed by atoms with Gasteiger partial charge >= 0.3 is 0 Å². The number of carbonyl (C=O) groups excluding carboxylic acids is 1. The van der Waals surface area contributed by atoms with Crippen LogP contribution in [0.1, 0.15) is 25.8 Å². The maximum absolute atomic E-state index is 12.1. The summed E-state index contributed by atoms with van der Waals surface area (Å²) in [6, 6.07) is 7.65. The summed E-state index contributed by atoms with van der Waals surface area (Å²) >= 11 is 0. The Morgan fingerprint density at radius 2 is 2.12 bits per heavy atom. The molecule has 1 aromatic rings. The molecule has 6 nitrogen and oxygen atoms in total. The van der Waals surface area contributed by atoms with Gasteiger partial charge in [0.1, 0.15) is 12.4 Å². The van der Waals surface area contributed by atoms with E-state index in [2.05, 4.69) is 24.1 Å². The summed E-state index contributed by atoms with van der Waals surface area (Å²) in [5.74, 6) is 0.700. The Labute approximate surface area is 150 Å². The summed E-state index contributed by atoms with van der Waals surface area (Å²) in [5.41, 5.74) is 0.936. The highest BCUT2D eigenvalue weighted by atomic mass is 16.5. The van der Waals surface area contributed by atoms with Crippen molar-refractivity contribution in [2.24, 2.45) is 0 Å². The highest BCUT2D eigenvalue weighted by molar-refractivity contribution is 5.77. The first kappa shape index (κ1) is 19.7. The zero-order valence-electron chi connectivity index (χ0n) is 15.5. The molecule has 1 aliphatic heterocycles. The van der Waals surface area contributed by atoms with E-state index in [4.69, 9.17) is 14.2 Å². The van der Waals surface area contributed by atoms with Crippen molar-refractivity contribution in [3.8, 4) is 5.75 Å². The van der Waals surface area contributed by atoms with E-state index < -0.39 is 0 Å². The number of benzene rings is 1. The lowest BCUT2D eigenvalue weighted by Crippen LogP contribution is -2.57. The van der Waals surface area contributed by atoms with Gasteiger partial charge in [-0.1, -0.05) is 19.1 Å². The molecule has 1 aromatic carbocycles. The van der Waals surface area contributed by atoms with Crippen LogP contribution in [0.25, 0.3) is 0 Å². The van der Waals surface area contributed by atoms with E-state index in [1.807, 2.05) is 24.3 Å². The van der Waals surface area contributed by atoms with Gasteiger partial charge < -0.3 is 19.5 Å². The van der Waals surface area contributed by atoms with Gasteiger partial charge in [0.2, 0.25) is 5.91 Å². The molecule has 0 spiro atoms. The van der Waals surface area contributed by atoms with Crippen LogP contribution < -0.4 is 10.1 Å². The molecule has 1 aliphatic rings. The second-order valence-electron chi connectivity index (χ2n) is 6.57. The molecule has 1 saturated heterocycles. The molecule has 1 N–H and O–H groups in total. The van der Waals surface area contributed by atoms with Gasteiger partial charge in [-0.3, -0.25) is 9.69 Å². The van der Waals surface area contributed by atoms with Gasteiger partial charge in [0.05, 0.1) is 26.9 Å². The highest BCUT2D eigenvalue weighted by Gasteiger charge is 2.31. The molecule has 0 unspecified atom stereocenters. The lowest BCUT2D eigenvalue weighted by Gasteiger charge is -2.43. The van der Waals surface area contributed by atoms with E-state index in [0.717, 1.165) is 44.0 Å². The van der Waals surface area contributed by atoms with Crippen LogP contribution in [0.15, 0.2) is 24.3 Å². The average molecular weight is 350 g/mol. The number of ether oxygens (including phenoxy) is 3. The van der Waals surface area contributed by atoms with Crippen molar-refractivity contribution >= 4 is 5.91 Å². The van der Waals surface area contributed by atoms with E-state index in [9.17, 15) is 4.79 Å². The largest absolute Gasteiger partial charge is 0.497 e. The second kappa shape index (κ2) is 9.75. The van der Waals surface area contributed by atoms with Gasteiger partial charge in [-0.25, -0.2) is 0 Å². The van der Waals surface area contributed by atoms with Crippen LogP contribution in [0.2, 0.25) is 0 Å². The molecule has 0 aromatic heterocycles. The molecule has 1 fully saturated rings. The monoisotopic (exact) mass is 350 g/mol. The Balaban J connectivity index is 1.73. The van der Waals surface area contributed by atoms with Crippen LogP contribution in [0.5, 0.6) is 5.75 Å². The first-order valence-electron chi connectivity index (χ1n) is 8.87. The minimum atomic E-state index is -0.0872. The quantitative estimate of drug-likeness (QED) is 0.736. The van der Waals surface area contributed by atoms with Crippen LogP contribution in [0.3, 0.4) is 0 Å². The van der Waals surface area contributed by atoms with Crippen molar-refractivity contribution in [1.82, 2.24) is 10.2 Å². The molecule has 6 heteroatoms. The summed E-state index contributed by atoms with van der Waals surface area (Å²) in [6.07, 6.45) is 0.970. The molecule has 0 aliphatic carbocycles. The normalized spacial score (nSPS) is 17.7. The molecule has 2 rings (SSSR count). The molecule has 1 amide bonds. The fraction of sp³-hybridized carbons (Fsp3) is 0.632. The predicted molar refractivity (Wildman–Crippen MR) is 96.7 cm³/mol. The van der Waals surface area contributed by atoms with Crippen LogP contribution in [-0.2, 0) is 20.9 Å². The van der Waals surface area contributed by atoms with Gasteiger partial charge in [-0.2, -0.15) is 0 Å². The maximum Gasteiger partial charge on any atom is 0.246 e. The van der Waals surface area contributed by atoms with Crippen LogP contribution in [0.4, 0.5) is 0 Å². The number of hydrogen-bond donors (Lipinski definition) is 1. The highest BCUT2D eigenvalue weighted by Crippen LogP contribution is 2.20. The van der Waals surface area contributed by atoms with Crippen LogP contribution in [0, 0.1) is 0 Å². The Kier molecular flexibility index (Phi) is 7.68. The zero-order chi connectivity index (χ0) is 18.1. The number of nitrogens with one attached hydrogen (secondary N) is 1. The second-order valence-corrected chi connectivity index (χ2v) is 6.57. The van der Waals surface area contributed by atoms with Gasteiger partial charge in [-0.05, 0) is 31.0 Å². The van der Waals surface area contributed by atoms with E-state index in [-0.39, 0.29) is 18.1 Å². The summed E-state index contributed by atoms with van der Waals surface area (Å²) in [7, 11) is 1.63. The van der Waals surface area contributed by atoms with Crippen LogP contribution in [-0.4, -0.2) is 62.9 Å². The lowest BCUT2D eigenvalue weighted by molar-refractivity contribution is -0.127. The molecule has 0 saturated carbocycles. The summed E-state index contributed by atoms with van der Waals surface area (Å²) in [6.45, 7) is 8.74. The van der Waals surface area contributed by atoms with Crippen molar-refractivity contribution < 1.29 is 19.0 Å². The Morgan fingerprint density at radius 1 is 1.36 bits per heavy atom. The predicted octanol–water partition coefficient (Wildman–Crippen LogP) is 1.83. The topological polar surface area (TPSA) is 60.0 Å². The molecule has 1 heterocycles. The van der Waals surface area contributed by atoms with E-state index in [1.54, 1.807) is 7.11 Å². The number of rotatable bonds is 9. The summed E-state index contributed by atoms with van der Waals surface area (Å²) < 4.78 is 16.1. The Hall–Kier alpha value is -1.63. The van der Waals surface area contributed by atoms with Gasteiger partial charge in [0.25, 0.3) is 0 Å². The van der Waals surface area contributed by atoms with Crippen molar-refractivity contribution in [3.63, 3.8) is 0 Å². The molecular weight excluding hydrogens is 320 g/mol. The number of hydrogen-bond acceptors (Lipinski definition) is 5. The first-order valence-corrected chi connectivity index (χ1v) is 8.87. The fourth-order valence-corrected chi connectivity index (χ4v) is 2.93. The van der Waals surface area contributed by atoms with E-state index in [1.165, 1.54) is 0 Å². The number of carbonyl (C=O) groups is 1. The third-order valence-corrected chi connectivity index (χ3v) is 4.84. The third kappa shape index (κ3) is 5.99. The molecule has 140 valence electrons. The minimum Gasteiger partial charge on any atom is -0.497 e. The smallest absolute Gasteiger partial charge is 0.246 e. The molecular formula is C19H30N2O4. The third-order valence-electron chi connectivity index (χ3n) is 4.84. The number of nitrogens with zero attached hydrogens (tertiary/aromatic N) is 1. The van der Waals surface area contributed by atoms with Gasteiger partial charge in [0.15, 0.2) is 0 Å². The number of amides is 1. The standard InChI is InChI=1S/C19H30N2O4/c1-4-19(2,21-8-10-24-11-9-21)15-20-18(22)14-25-13-16-6-5-7-17(12-16)23-3/h5-7,12H,4,8-11,13-15H2,1-3H3,(H,20,22)/t19-/m1/s1. The Morgan fingerprint density at radius 3 is 2.80 bits per heavy atom. The van der Waals surface area contributed by atoms with Gasteiger partial charge in [-0.15, -0.1) is 0 Å². The Bertz CT molecular complexity index is 546. The number of methoxy groups -OCH3 is 1. The number of morpholine rings is 1. The molecule has 0 bridgehead atoms. The molecule has 1 atom stereocenters. The van der Waals surface area contributed by atoms with E-state index in [0.29, 0.717) is 13.2 Å². The maximum atomic E-state index is 12.1. The molecule has 0 radical (unpaired) electrons. The SMILES string of the molecule is CC[C@](C)(CNC(=O)COCc1cccc(OC)c1)N1CCOCC1. The zero-order valence-corrected chi connectivity index (χ0v) is 15.5. The van der Waals surface area contributed by atoms with Crippen molar-refractivity contribution in [2.45, 2.75) is 32.4 Å². The van der Waals surface area contributed by atoms with Crippen molar-refractivity contribution in [2.75, 3.05) is 46.6 Å². The van der Waals surface area contributed by atoms with E-state index >= 15 is 0 Å². The van der Waals surface area contributed by atoms with Crippen LogP contribution >= 0.6 is 0 Å². The average Bonchev–Trinajstić information content (AvgIpc) is 2.67. The van der Waals surface area contributed by atoms with Crippen molar-refractivity contribution in [1.29, 1.82) is 0 Å². The first-order chi connectivity index (χ1) is 12.1. The lowest BCUT2D eigenvalue weighted by atomic mass is 9.95. The molecule has 25 heavy (non-hydrogen) atoms. The van der Waals surface area contributed by atoms with Crippen molar-refractivity contribution in [3.05, 3.63) is 29.8 Å². The summed E-state index contributed by atoms with van der Waals surface area (Å²) in [4.78, 5) is 14.5. The van der Waals surface area contributed by atoms with Gasteiger partial charge in [0, 0.05) is 25.2 Å². The fourth-order valence-electron chi connectivity index (χ4n) is 2.93.